The van der Waals surface area contributed by atoms with Gasteiger partial charge in [0.05, 0.1) is 22.9 Å². The minimum absolute atomic E-state index is 0.00746. The largest absolute Gasteiger partial charge is 0.359 e. The minimum atomic E-state index is -3.04. The smallest absolute Gasteiger partial charge is 0.166 e. The first-order valence-electron chi connectivity index (χ1n) is 5.89. The molecule has 0 aromatic heterocycles. The van der Waals surface area contributed by atoms with Gasteiger partial charge in [0.15, 0.2) is 14.9 Å². The van der Waals surface area contributed by atoms with Crippen LogP contribution < -0.4 is 10.6 Å². The van der Waals surface area contributed by atoms with Crippen LogP contribution in [0.5, 0.6) is 0 Å². The summed E-state index contributed by atoms with van der Waals surface area (Å²) < 4.78 is 22.8. The number of halogens is 1. The predicted molar refractivity (Wildman–Crippen MR) is 81.1 cm³/mol. The van der Waals surface area contributed by atoms with Crippen LogP contribution in [-0.4, -0.2) is 36.5 Å². The van der Waals surface area contributed by atoms with Gasteiger partial charge in [0.25, 0.3) is 0 Å². The van der Waals surface area contributed by atoms with Gasteiger partial charge in [0.2, 0.25) is 0 Å². The molecule has 0 amide bonds. The van der Waals surface area contributed by atoms with Gasteiger partial charge in [-0.05, 0) is 17.8 Å². The second-order valence-electron chi connectivity index (χ2n) is 4.51. The third kappa shape index (κ3) is 4.33. The third-order valence-corrected chi connectivity index (χ3v) is 5.53. The molecule has 0 spiro atoms. The van der Waals surface area contributed by atoms with Crippen molar-refractivity contribution in [3.05, 3.63) is 35.9 Å². The molecule has 0 radical (unpaired) electrons. The van der Waals surface area contributed by atoms with Crippen LogP contribution in [0.15, 0.2) is 30.3 Å². The van der Waals surface area contributed by atoms with Crippen molar-refractivity contribution in [2.45, 2.75) is 18.0 Å². The summed E-state index contributed by atoms with van der Waals surface area (Å²) in [4.78, 5) is 0. The molecule has 7 heteroatoms. The van der Waals surface area contributed by atoms with Crippen LogP contribution in [0.25, 0.3) is 0 Å². The molecule has 1 aliphatic heterocycles. The van der Waals surface area contributed by atoms with Crippen LogP contribution in [-0.2, 0) is 16.4 Å². The Balaban J connectivity index is 1.82. The Bertz CT molecular complexity index is 548. The lowest BCUT2D eigenvalue weighted by Crippen LogP contribution is -2.45. The molecule has 2 unspecified atom stereocenters. The third-order valence-electron chi connectivity index (χ3n) is 2.90. The molecule has 1 aliphatic rings. The van der Waals surface area contributed by atoms with E-state index in [1.54, 1.807) is 0 Å². The summed E-state index contributed by atoms with van der Waals surface area (Å²) in [6, 6.07) is 9.50. The zero-order valence-corrected chi connectivity index (χ0v) is 12.6. The van der Waals surface area contributed by atoms with Gasteiger partial charge in [-0.1, -0.05) is 30.3 Å². The van der Waals surface area contributed by atoms with Gasteiger partial charge < -0.3 is 10.6 Å². The van der Waals surface area contributed by atoms with Gasteiger partial charge in [-0.15, -0.1) is 11.6 Å². The second kappa shape index (κ2) is 6.07. The Morgan fingerprint density at radius 3 is 2.58 bits per heavy atom. The van der Waals surface area contributed by atoms with Gasteiger partial charge in [-0.25, -0.2) is 8.42 Å². The highest BCUT2D eigenvalue weighted by atomic mass is 35.5. The number of hydrogen-bond donors (Lipinski definition) is 2. The molecule has 1 fully saturated rings. The molecule has 0 bridgehead atoms. The van der Waals surface area contributed by atoms with Crippen LogP contribution in [0.4, 0.5) is 0 Å². The number of alkyl halides is 1. The average molecular weight is 319 g/mol. The summed E-state index contributed by atoms with van der Waals surface area (Å²) in [5, 5.41) is 6.00. The monoisotopic (exact) mass is 318 g/mol. The first kappa shape index (κ1) is 14.6. The van der Waals surface area contributed by atoms with Crippen LogP contribution in [0.1, 0.15) is 5.56 Å². The Morgan fingerprint density at radius 1 is 1.32 bits per heavy atom. The average Bonchev–Trinajstić information content (AvgIpc) is 2.61. The number of benzene rings is 1. The van der Waals surface area contributed by atoms with Gasteiger partial charge in [-0.2, -0.15) is 0 Å². The topological polar surface area (TPSA) is 58.2 Å². The second-order valence-corrected chi connectivity index (χ2v) is 7.63. The summed E-state index contributed by atoms with van der Waals surface area (Å²) in [6.07, 6.45) is 0. The number of hydrogen-bond acceptors (Lipinski definition) is 3. The molecule has 1 saturated heterocycles. The molecule has 1 aromatic rings. The first-order chi connectivity index (χ1) is 8.96. The summed E-state index contributed by atoms with van der Waals surface area (Å²) in [5.74, 6) is 0.0435. The van der Waals surface area contributed by atoms with Crippen molar-refractivity contribution in [2.75, 3.05) is 11.5 Å². The maximum atomic E-state index is 11.4. The molecule has 2 N–H and O–H groups in total. The molecular weight excluding hydrogens is 304 g/mol. The van der Waals surface area contributed by atoms with Crippen molar-refractivity contribution >= 4 is 38.8 Å². The fourth-order valence-corrected chi connectivity index (χ4v) is 4.71. The van der Waals surface area contributed by atoms with Crippen LogP contribution >= 0.6 is 23.8 Å². The molecule has 1 aromatic carbocycles. The number of rotatable bonds is 3. The maximum absolute atomic E-state index is 11.4. The lowest BCUT2D eigenvalue weighted by Gasteiger charge is -2.17. The Hall–Kier alpha value is -0.850. The summed E-state index contributed by atoms with van der Waals surface area (Å²) >= 11 is 11.1. The lowest BCUT2D eigenvalue weighted by molar-refractivity contribution is 0.600. The van der Waals surface area contributed by atoms with Crippen LogP contribution in [0, 0.1) is 0 Å². The van der Waals surface area contributed by atoms with Crippen LogP contribution in [0.2, 0.25) is 0 Å². The van der Waals surface area contributed by atoms with E-state index in [0.29, 0.717) is 11.7 Å². The summed E-state index contributed by atoms with van der Waals surface area (Å²) in [7, 11) is -3.04. The summed E-state index contributed by atoms with van der Waals surface area (Å²) in [5.41, 5.74) is 1.10. The fourth-order valence-electron chi connectivity index (χ4n) is 1.93. The molecule has 104 valence electrons. The van der Waals surface area contributed by atoms with Gasteiger partial charge in [0, 0.05) is 6.54 Å². The van der Waals surface area contributed by atoms with Crippen molar-refractivity contribution in [3.63, 3.8) is 0 Å². The van der Waals surface area contributed by atoms with Crippen molar-refractivity contribution in [3.8, 4) is 0 Å². The predicted octanol–water partition coefficient (Wildman–Crippen LogP) is 1.06. The molecule has 19 heavy (non-hydrogen) atoms. The van der Waals surface area contributed by atoms with E-state index in [4.69, 9.17) is 23.8 Å². The van der Waals surface area contributed by atoms with Crippen molar-refractivity contribution in [2.24, 2.45) is 0 Å². The lowest BCUT2D eigenvalue weighted by atomic mass is 10.2. The highest BCUT2D eigenvalue weighted by Crippen LogP contribution is 2.17. The fraction of sp³-hybridized carbons (Fsp3) is 0.417. The van der Waals surface area contributed by atoms with Crippen molar-refractivity contribution < 1.29 is 8.42 Å². The molecule has 2 rings (SSSR count). The van der Waals surface area contributed by atoms with E-state index in [9.17, 15) is 8.42 Å². The van der Waals surface area contributed by atoms with E-state index in [2.05, 4.69) is 10.6 Å². The summed E-state index contributed by atoms with van der Waals surface area (Å²) in [6.45, 7) is 0.596. The van der Waals surface area contributed by atoms with E-state index in [-0.39, 0.29) is 17.5 Å². The quantitative estimate of drug-likeness (QED) is 0.644. The van der Waals surface area contributed by atoms with Crippen LogP contribution in [0.3, 0.4) is 0 Å². The SMILES string of the molecule is O=S1(=O)CC(Cl)C(NC(=S)NCc2ccccc2)C1. The molecule has 0 aliphatic carbocycles. The minimum Gasteiger partial charge on any atom is -0.359 e. The molecule has 1 heterocycles. The number of sulfone groups is 1. The van der Waals surface area contributed by atoms with Crippen molar-refractivity contribution in [1.82, 2.24) is 10.6 Å². The molecule has 4 nitrogen and oxygen atoms in total. The van der Waals surface area contributed by atoms with Crippen molar-refractivity contribution in [1.29, 1.82) is 0 Å². The molecule has 2 atom stereocenters. The zero-order valence-electron chi connectivity index (χ0n) is 10.2. The van der Waals surface area contributed by atoms with E-state index in [1.165, 1.54) is 0 Å². The Morgan fingerprint density at radius 2 is 2.00 bits per heavy atom. The maximum Gasteiger partial charge on any atom is 0.166 e. The van der Waals surface area contributed by atoms with E-state index < -0.39 is 15.2 Å². The zero-order chi connectivity index (χ0) is 13.9. The highest BCUT2D eigenvalue weighted by molar-refractivity contribution is 7.91. The van der Waals surface area contributed by atoms with E-state index >= 15 is 0 Å². The van der Waals surface area contributed by atoms with E-state index in [1.807, 2.05) is 30.3 Å². The van der Waals surface area contributed by atoms with Gasteiger partial charge in [0.1, 0.15) is 0 Å². The van der Waals surface area contributed by atoms with Gasteiger partial charge >= 0.3 is 0 Å². The van der Waals surface area contributed by atoms with E-state index in [0.717, 1.165) is 5.56 Å². The Kier molecular flexibility index (Phi) is 4.65. The number of nitrogens with one attached hydrogen (secondary N) is 2. The first-order valence-corrected chi connectivity index (χ1v) is 8.56. The molecule has 0 saturated carbocycles. The highest BCUT2D eigenvalue weighted by Gasteiger charge is 2.36. The standard InChI is InChI=1S/C12H15ClN2O2S2/c13-10-7-19(16,17)8-11(10)15-12(18)14-6-9-4-2-1-3-5-9/h1-5,10-11H,6-8H2,(H2,14,15,18). The molecular formula is C12H15ClN2O2S2. The normalized spacial score (nSPS) is 24.9. The number of thiocarbonyl (C=S) groups is 1. The van der Waals surface area contributed by atoms with Gasteiger partial charge in [-0.3, -0.25) is 0 Å². The Labute approximate surface area is 123 Å².